The van der Waals surface area contributed by atoms with Crippen molar-refractivity contribution in [1.82, 2.24) is 9.80 Å². The molecular formula is C18H22ClN3O3. The zero-order valence-corrected chi connectivity index (χ0v) is 15.2. The molecule has 2 atom stereocenters. The number of hydrogen-bond donors (Lipinski definition) is 0. The summed E-state index contributed by atoms with van der Waals surface area (Å²) in [6.07, 6.45) is 0.195. The van der Waals surface area contributed by atoms with E-state index in [1.807, 2.05) is 24.3 Å². The average molecular weight is 364 g/mol. The van der Waals surface area contributed by atoms with Gasteiger partial charge in [-0.2, -0.15) is 0 Å². The van der Waals surface area contributed by atoms with Gasteiger partial charge in [0.05, 0.1) is 0 Å². The Morgan fingerprint density at radius 3 is 2.24 bits per heavy atom. The van der Waals surface area contributed by atoms with Crippen LogP contribution in [0.15, 0.2) is 24.3 Å². The fraction of sp³-hybridized carbons (Fsp3) is 0.500. The van der Waals surface area contributed by atoms with Crippen molar-refractivity contribution in [1.29, 1.82) is 0 Å². The lowest BCUT2D eigenvalue weighted by molar-refractivity contribution is -0.150. The van der Waals surface area contributed by atoms with Crippen molar-refractivity contribution in [3.05, 3.63) is 29.3 Å². The highest BCUT2D eigenvalue weighted by Crippen LogP contribution is 2.23. The summed E-state index contributed by atoms with van der Waals surface area (Å²) in [7, 11) is 0. The molecule has 2 saturated heterocycles. The monoisotopic (exact) mass is 363 g/mol. The number of rotatable bonds is 3. The Labute approximate surface area is 152 Å². The maximum Gasteiger partial charge on any atom is 0.245 e. The largest absolute Gasteiger partial charge is 0.368 e. The summed E-state index contributed by atoms with van der Waals surface area (Å²) in [4.78, 5) is 41.9. The fourth-order valence-corrected chi connectivity index (χ4v) is 3.55. The molecule has 1 aromatic carbocycles. The Morgan fingerprint density at radius 1 is 1.12 bits per heavy atom. The predicted octanol–water partition coefficient (Wildman–Crippen LogP) is 1.77. The molecular weight excluding hydrogens is 342 g/mol. The first-order valence-corrected chi connectivity index (χ1v) is 8.91. The smallest absolute Gasteiger partial charge is 0.245 e. The number of amides is 3. The van der Waals surface area contributed by atoms with E-state index in [0.717, 1.165) is 10.6 Å². The summed E-state index contributed by atoms with van der Waals surface area (Å²) in [5, 5.41) is 0.695. The molecule has 1 aromatic rings. The van der Waals surface area contributed by atoms with Gasteiger partial charge in [-0.15, -0.1) is 0 Å². The number of likely N-dealkylation sites (tertiary alicyclic amines) is 1. The minimum absolute atomic E-state index is 0.161. The molecule has 0 aliphatic carbocycles. The van der Waals surface area contributed by atoms with Crippen LogP contribution < -0.4 is 4.90 Å². The molecule has 0 N–H and O–H groups in total. The van der Waals surface area contributed by atoms with Crippen molar-refractivity contribution in [2.75, 3.05) is 31.1 Å². The van der Waals surface area contributed by atoms with Crippen LogP contribution in [-0.4, -0.2) is 59.7 Å². The second kappa shape index (κ2) is 7.04. The number of anilines is 1. The normalized spacial score (nSPS) is 22.5. The first-order chi connectivity index (χ1) is 11.9. The summed E-state index contributed by atoms with van der Waals surface area (Å²) in [5.74, 6) is -0.986. The first-order valence-electron chi connectivity index (χ1n) is 8.53. The standard InChI is InChI=1S/C18H22ClN3O3/c1-12-11-16(23)22(17(12)24)13(2)18(25)21-9-7-20(8-10-21)15-5-3-14(19)4-6-15/h3-6,12-13H,7-11H2,1-2H3. The lowest BCUT2D eigenvalue weighted by atomic mass is 10.1. The van der Waals surface area contributed by atoms with Gasteiger partial charge in [0.15, 0.2) is 0 Å². The number of hydrogen-bond acceptors (Lipinski definition) is 4. The van der Waals surface area contributed by atoms with Crippen molar-refractivity contribution in [3.8, 4) is 0 Å². The van der Waals surface area contributed by atoms with Gasteiger partial charge in [0.25, 0.3) is 0 Å². The van der Waals surface area contributed by atoms with E-state index in [0.29, 0.717) is 31.2 Å². The minimum atomic E-state index is -0.730. The molecule has 0 bridgehead atoms. The van der Waals surface area contributed by atoms with Gasteiger partial charge in [-0.1, -0.05) is 18.5 Å². The van der Waals surface area contributed by atoms with Crippen molar-refractivity contribution in [3.63, 3.8) is 0 Å². The van der Waals surface area contributed by atoms with Crippen molar-refractivity contribution < 1.29 is 14.4 Å². The average Bonchev–Trinajstić information content (AvgIpc) is 2.87. The molecule has 2 aliphatic rings. The quantitative estimate of drug-likeness (QED) is 0.768. The van der Waals surface area contributed by atoms with Crippen LogP contribution in [0.1, 0.15) is 20.3 Å². The van der Waals surface area contributed by atoms with Crippen LogP contribution in [0.3, 0.4) is 0 Å². The molecule has 134 valence electrons. The van der Waals surface area contributed by atoms with Crippen LogP contribution in [0, 0.1) is 5.92 Å². The third kappa shape index (κ3) is 3.49. The minimum Gasteiger partial charge on any atom is -0.368 e. The van der Waals surface area contributed by atoms with E-state index in [9.17, 15) is 14.4 Å². The number of imide groups is 1. The first kappa shape index (κ1) is 17.7. The molecule has 0 spiro atoms. The third-order valence-electron chi connectivity index (χ3n) is 4.94. The van der Waals surface area contributed by atoms with Crippen molar-refractivity contribution in [2.24, 2.45) is 5.92 Å². The maximum absolute atomic E-state index is 12.7. The molecule has 25 heavy (non-hydrogen) atoms. The SMILES string of the molecule is CC1CC(=O)N(C(C)C(=O)N2CCN(c3ccc(Cl)cc3)CC2)C1=O. The van der Waals surface area contributed by atoms with Crippen LogP contribution in [0.5, 0.6) is 0 Å². The molecule has 6 nitrogen and oxygen atoms in total. The summed E-state index contributed by atoms with van der Waals surface area (Å²) < 4.78 is 0. The molecule has 2 heterocycles. The Bertz CT molecular complexity index is 683. The molecule has 7 heteroatoms. The second-order valence-electron chi connectivity index (χ2n) is 6.67. The van der Waals surface area contributed by atoms with E-state index in [1.54, 1.807) is 18.7 Å². The van der Waals surface area contributed by atoms with E-state index < -0.39 is 6.04 Å². The van der Waals surface area contributed by atoms with Gasteiger partial charge in [-0.05, 0) is 31.2 Å². The van der Waals surface area contributed by atoms with Gasteiger partial charge in [0.2, 0.25) is 17.7 Å². The van der Waals surface area contributed by atoms with Gasteiger partial charge in [-0.3, -0.25) is 19.3 Å². The van der Waals surface area contributed by atoms with E-state index in [1.165, 1.54) is 0 Å². The van der Waals surface area contributed by atoms with E-state index in [4.69, 9.17) is 11.6 Å². The number of benzene rings is 1. The number of carbonyl (C=O) groups is 3. The molecule has 3 rings (SSSR count). The van der Waals surface area contributed by atoms with Crippen LogP contribution in [0.2, 0.25) is 5.02 Å². The van der Waals surface area contributed by atoms with Gasteiger partial charge >= 0.3 is 0 Å². The van der Waals surface area contributed by atoms with E-state index in [2.05, 4.69) is 4.90 Å². The predicted molar refractivity (Wildman–Crippen MR) is 95.3 cm³/mol. The van der Waals surface area contributed by atoms with E-state index in [-0.39, 0.29) is 30.1 Å². The Hall–Kier alpha value is -2.08. The van der Waals surface area contributed by atoms with Crippen LogP contribution in [0.25, 0.3) is 0 Å². The van der Waals surface area contributed by atoms with Crippen LogP contribution in [-0.2, 0) is 14.4 Å². The summed E-state index contributed by atoms with van der Waals surface area (Å²) >= 11 is 5.92. The van der Waals surface area contributed by atoms with Crippen molar-refractivity contribution in [2.45, 2.75) is 26.3 Å². The van der Waals surface area contributed by atoms with Gasteiger partial charge in [-0.25, -0.2) is 0 Å². The lowest BCUT2D eigenvalue weighted by Gasteiger charge is -2.38. The number of halogens is 1. The van der Waals surface area contributed by atoms with Crippen LogP contribution in [0.4, 0.5) is 5.69 Å². The highest BCUT2D eigenvalue weighted by molar-refractivity contribution is 6.30. The molecule has 0 saturated carbocycles. The molecule has 2 unspecified atom stereocenters. The highest BCUT2D eigenvalue weighted by atomic mass is 35.5. The molecule has 2 fully saturated rings. The van der Waals surface area contributed by atoms with Gasteiger partial charge in [0, 0.05) is 49.2 Å². The number of carbonyl (C=O) groups excluding carboxylic acids is 3. The summed E-state index contributed by atoms with van der Waals surface area (Å²) in [6, 6.07) is 6.90. The third-order valence-corrected chi connectivity index (χ3v) is 5.19. The molecule has 2 aliphatic heterocycles. The zero-order chi connectivity index (χ0) is 18.1. The number of piperazine rings is 1. The molecule has 0 radical (unpaired) electrons. The highest BCUT2D eigenvalue weighted by Gasteiger charge is 2.42. The maximum atomic E-state index is 12.7. The molecule has 0 aromatic heterocycles. The summed E-state index contributed by atoms with van der Waals surface area (Å²) in [6.45, 7) is 5.91. The van der Waals surface area contributed by atoms with Gasteiger partial charge < -0.3 is 9.80 Å². The van der Waals surface area contributed by atoms with Crippen LogP contribution >= 0.6 is 11.6 Å². The zero-order valence-electron chi connectivity index (χ0n) is 14.4. The lowest BCUT2D eigenvalue weighted by Crippen LogP contribution is -2.55. The Morgan fingerprint density at radius 2 is 1.72 bits per heavy atom. The van der Waals surface area contributed by atoms with Gasteiger partial charge in [0.1, 0.15) is 6.04 Å². The fourth-order valence-electron chi connectivity index (χ4n) is 3.43. The van der Waals surface area contributed by atoms with Crippen molar-refractivity contribution >= 4 is 35.0 Å². The Balaban J connectivity index is 1.60. The summed E-state index contributed by atoms with van der Waals surface area (Å²) in [5.41, 5.74) is 1.07. The topological polar surface area (TPSA) is 60.9 Å². The molecule has 3 amide bonds. The number of nitrogens with zero attached hydrogens (tertiary/aromatic N) is 3. The second-order valence-corrected chi connectivity index (χ2v) is 7.11. The Kier molecular flexibility index (Phi) is 4.99. The van der Waals surface area contributed by atoms with E-state index >= 15 is 0 Å².